The Kier molecular flexibility index (Phi) is 3.43. The lowest BCUT2D eigenvalue weighted by Gasteiger charge is -2.19. The van der Waals surface area contributed by atoms with Crippen LogP contribution in [0.15, 0.2) is 43.0 Å². The number of hydrogen-bond acceptors (Lipinski definition) is 2. The number of ether oxygens (including phenoxy) is 1. The number of hydrogen-bond donors (Lipinski definition) is 0. The van der Waals surface area contributed by atoms with Gasteiger partial charge in [0.2, 0.25) is 0 Å². The van der Waals surface area contributed by atoms with Crippen LogP contribution in [0.4, 0.5) is 0 Å². The maximum Gasteiger partial charge on any atom is 0.338 e. The molecule has 0 heterocycles. The third-order valence-electron chi connectivity index (χ3n) is 2.75. The van der Waals surface area contributed by atoms with Crippen LogP contribution in [0, 0.1) is 0 Å². The first-order valence-corrected chi connectivity index (χ1v) is 6.29. The van der Waals surface area contributed by atoms with Gasteiger partial charge in [-0.3, -0.25) is 0 Å². The highest BCUT2D eigenvalue weighted by Gasteiger charge is 2.18. The molecule has 2 aromatic rings. The molecule has 2 heteroatoms. The molecule has 0 aliphatic carbocycles. The van der Waals surface area contributed by atoms with Crippen molar-refractivity contribution in [3.8, 4) is 0 Å². The Labute approximate surface area is 113 Å². The molecule has 0 N–H and O–H groups in total. The monoisotopic (exact) mass is 254 g/mol. The first-order valence-electron chi connectivity index (χ1n) is 6.29. The van der Waals surface area contributed by atoms with Crippen molar-refractivity contribution in [2.75, 3.05) is 0 Å². The van der Waals surface area contributed by atoms with Crippen molar-refractivity contribution in [3.05, 3.63) is 54.1 Å². The lowest BCUT2D eigenvalue weighted by molar-refractivity contribution is 0.00697. The Morgan fingerprint density at radius 3 is 2.53 bits per heavy atom. The lowest BCUT2D eigenvalue weighted by Crippen LogP contribution is -2.23. The lowest BCUT2D eigenvalue weighted by atomic mass is 10.0. The van der Waals surface area contributed by atoms with Gasteiger partial charge in [0.25, 0.3) is 0 Å². The van der Waals surface area contributed by atoms with Crippen LogP contribution in [0.25, 0.3) is 16.8 Å². The van der Waals surface area contributed by atoms with E-state index < -0.39 is 5.60 Å². The van der Waals surface area contributed by atoms with Crippen LogP contribution in [0.1, 0.15) is 36.7 Å². The van der Waals surface area contributed by atoms with E-state index in [0.717, 1.165) is 16.3 Å². The first kappa shape index (κ1) is 13.3. The van der Waals surface area contributed by atoms with Gasteiger partial charge in [-0.25, -0.2) is 4.79 Å². The van der Waals surface area contributed by atoms with Crippen LogP contribution in [-0.4, -0.2) is 11.6 Å². The standard InChI is InChI=1S/C17H18O2/c1-5-12-10-14(16(18)19-17(2,3)4)11-13-8-6-7-9-15(12)13/h5-11H,1H2,2-4H3. The average Bonchev–Trinajstić information content (AvgIpc) is 2.35. The summed E-state index contributed by atoms with van der Waals surface area (Å²) in [5.74, 6) is -0.304. The molecule has 0 bridgehead atoms. The Hall–Kier alpha value is -2.09. The fraction of sp³-hybridized carbons (Fsp3) is 0.235. The highest BCUT2D eigenvalue weighted by molar-refractivity contribution is 5.99. The molecule has 0 aliphatic heterocycles. The van der Waals surface area contributed by atoms with E-state index in [1.54, 1.807) is 6.08 Å². The number of rotatable bonds is 2. The van der Waals surface area contributed by atoms with Gasteiger partial charge in [-0.05, 0) is 49.2 Å². The van der Waals surface area contributed by atoms with Crippen molar-refractivity contribution in [1.29, 1.82) is 0 Å². The third-order valence-corrected chi connectivity index (χ3v) is 2.75. The summed E-state index contributed by atoms with van der Waals surface area (Å²) in [7, 11) is 0. The van der Waals surface area contributed by atoms with Gasteiger partial charge >= 0.3 is 5.97 Å². The Morgan fingerprint density at radius 2 is 1.89 bits per heavy atom. The second-order valence-corrected chi connectivity index (χ2v) is 5.49. The predicted octanol–water partition coefficient (Wildman–Crippen LogP) is 4.44. The number of carbonyl (C=O) groups excluding carboxylic acids is 1. The molecule has 0 aromatic heterocycles. The predicted molar refractivity (Wildman–Crippen MR) is 79.2 cm³/mol. The fourth-order valence-electron chi connectivity index (χ4n) is 1.96. The van der Waals surface area contributed by atoms with Gasteiger partial charge in [0, 0.05) is 0 Å². The molecule has 0 fully saturated rings. The highest BCUT2D eigenvalue weighted by Crippen LogP contribution is 2.23. The van der Waals surface area contributed by atoms with Gasteiger partial charge in [-0.1, -0.05) is 36.9 Å². The maximum absolute atomic E-state index is 12.1. The van der Waals surface area contributed by atoms with Crippen LogP contribution in [-0.2, 0) is 4.74 Å². The molecular weight excluding hydrogens is 236 g/mol. The van der Waals surface area contributed by atoms with Gasteiger partial charge in [-0.2, -0.15) is 0 Å². The molecule has 2 nitrogen and oxygen atoms in total. The van der Waals surface area contributed by atoms with Gasteiger partial charge in [0.05, 0.1) is 5.56 Å². The van der Waals surface area contributed by atoms with E-state index in [4.69, 9.17) is 4.74 Å². The van der Waals surface area contributed by atoms with Crippen LogP contribution in [0.3, 0.4) is 0 Å². The molecule has 0 spiro atoms. The van der Waals surface area contributed by atoms with Gasteiger partial charge in [-0.15, -0.1) is 0 Å². The summed E-state index contributed by atoms with van der Waals surface area (Å²) in [5, 5.41) is 2.10. The minimum Gasteiger partial charge on any atom is -0.456 e. The number of esters is 1. The van der Waals surface area contributed by atoms with Gasteiger partial charge < -0.3 is 4.74 Å². The molecule has 0 amide bonds. The molecule has 0 atom stereocenters. The highest BCUT2D eigenvalue weighted by atomic mass is 16.6. The molecule has 0 aliphatic rings. The van der Waals surface area contributed by atoms with Crippen molar-refractivity contribution >= 4 is 22.8 Å². The third kappa shape index (κ3) is 3.02. The topological polar surface area (TPSA) is 26.3 Å². The van der Waals surface area contributed by atoms with E-state index in [9.17, 15) is 4.79 Å². The molecule has 2 aromatic carbocycles. The van der Waals surface area contributed by atoms with Gasteiger partial charge in [0.1, 0.15) is 5.60 Å². The number of fused-ring (bicyclic) bond motifs is 1. The molecular formula is C17H18O2. The molecule has 2 rings (SSSR count). The zero-order chi connectivity index (χ0) is 14.0. The summed E-state index contributed by atoms with van der Waals surface area (Å²) < 4.78 is 5.40. The summed E-state index contributed by atoms with van der Waals surface area (Å²) in [4.78, 5) is 12.1. The van der Waals surface area contributed by atoms with Crippen LogP contribution in [0.5, 0.6) is 0 Å². The molecule has 19 heavy (non-hydrogen) atoms. The largest absolute Gasteiger partial charge is 0.456 e. The van der Waals surface area contributed by atoms with E-state index in [0.29, 0.717) is 5.56 Å². The molecule has 0 saturated carbocycles. The van der Waals surface area contributed by atoms with Gasteiger partial charge in [0.15, 0.2) is 0 Å². The zero-order valence-electron chi connectivity index (χ0n) is 11.6. The van der Waals surface area contributed by atoms with Crippen LogP contribution < -0.4 is 0 Å². The Balaban J connectivity index is 2.50. The van der Waals surface area contributed by atoms with Crippen LogP contribution in [0.2, 0.25) is 0 Å². The van der Waals surface area contributed by atoms with Crippen molar-refractivity contribution in [3.63, 3.8) is 0 Å². The smallest absolute Gasteiger partial charge is 0.338 e. The molecule has 98 valence electrons. The van der Waals surface area contributed by atoms with E-state index in [2.05, 4.69) is 6.58 Å². The SMILES string of the molecule is C=Cc1cc(C(=O)OC(C)(C)C)cc2ccccc12. The second-order valence-electron chi connectivity index (χ2n) is 5.49. The average molecular weight is 254 g/mol. The number of benzene rings is 2. The summed E-state index contributed by atoms with van der Waals surface area (Å²) in [6.07, 6.45) is 1.76. The maximum atomic E-state index is 12.1. The molecule has 0 radical (unpaired) electrons. The summed E-state index contributed by atoms with van der Waals surface area (Å²) >= 11 is 0. The normalized spacial score (nSPS) is 11.3. The van der Waals surface area contributed by atoms with E-state index in [-0.39, 0.29) is 5.97 Å². The molecule has 0 unspecified atom stereocenters. The Morgan fingerprint density at radius 1 is 1.21 bits per heavy atom. The van der Waals surface area contributed by atoms with Crippen molar-refractivity contribution in [2.45, 2.75) is 26.4 Å². The van der Waals surface area contributed by atoms with Crippen LogP contribution >= 0.6 is 0 Å². The van der Waals surface area contributed by atoms with Crippen molar-refractivity contribution in [1.82, 2.24) is 0 Å². The van der Waals surface area contributed by atoms with E-state index in [1.807, 2.05) is 57.2 Å². The van der Waals surface area contributed by atoms with E-state index >= 15 is 0 Å². The van der Waals surface area contributed by atoms with Crippen molar-refractivity contribution < 1.29 is 9.53 Å². The van der Waals surface area contributed by atoms with Crippen molar-refractivity contribution in [2.24, 2.45) is 0 Å². The van der Waals surface area contributed by atoms with E-state index in [1.165, 1.54) is 0 Å². The summed E-state index contributed by atoms with van der Waals surface area (Å²) in [5.41, 5.74) is 1.01. The minimum absolute atomic E-state index is 0.304. The summed E-state index contributed by atoms with van der Waals surface area (Å²) in [6.45, 7) is 9.39. The fourth-order valence-corrected chi connectivity index (χ4v) is 1.96. The first-order chi connectivity index (χ1) is 8.90. The zero-order valence-corrected chi connectivity index (χ0v) is 11.6. The minimum atomic E-state index is -0.489. The quantitative estimate of drug-likeness (QED) is 0.741. The Bertz CT molecular complexity index is 633. The summed E-state index contributed by atoms with van der Waals surface area (Å²) in [6, 6.07) is 11.6. The molecule has 0 saturated heterocycles. The number of carbonyl (C=O) groups is 1. The second kappa shape index (κ2) is 4.88.